The summed E-state index contributed by atoms with van der Waals surface area (Å²) in [5.41, 5.74) is 0.279. The average Bonchev–Trinajstić information content (AvgIpc) is 3.30. The zero-order valence-electron chi connectivity index (χ0n) is 14.6. The summed E-state index contributed by atoms with van der Waals surface area (Å²) in [4.78, 5) is 42.5. The Morgan fingerprint density at radius 2 is 1.50 bits per heavy atom. The Kier molecular flexibility index (Phi) is 4.48. The minimum Gasteiger partial charge on any atom is -0.328 e. The highest BCUT2D eigenvalue weighted by atomic mass is 32.2. The molecular weight excluding hydrogens is 384 g/mol. The smallest absolute Gasteiger partial charge is 0.328 e. The summed E-state index contributed by atoms with van der Waals surface area (Å²) in [5.74, 6) is -2.44. The molecule has 2 heterocycles. The molecule has 0 N–H and O–H groups in total. The van der Waals surface area contributed by atoms with Crippen LogP contribution in [0.2, 0.25) is 0 Å². The van der Waals surface area contributed by atoms with Crippen LogP contribution in [0.3, 0.4) is 0 Å². The first-order valence-electron chi connectivity index (χ1n) is 8.68. The Morgan fingerprint density at radius 1 is 0.929 bits per heavy atom. The molecular formula is C19H16N2O6S. The first kappa shape index (κ1) is 18.3. The number of nitrogens with zero attached hydrogens (tertiary/aromatic N) is 2. The van der Waals surface area contributed by atoms with Crippen molar-refractivity contribution >= 4 is 27.8 Å². The molecule has 9 heteroatoms. The number of hydroxylamine groups is 2. The largest absolute Gasteiger partial charge is 0.351 e. The fourth-order valence-electron chi connectivity index (χ4n) is 3.39. The lowest BCUT2D eigenvalue weighted by molar-refractivity contribution is -0.172. The van der Waals surface area contributed by atoms with Crippen LogP contribution >= 0.6 is 0 Å². The average molecular weight is 400 g/mol. The van der Waals surface area contributed by atoms with Gasteiger partial charge in [0.2, 0.25) is 10.0 Å². The SMILES string of the molecule is O=C(ON1C(=O)c2ccccc2C1=O)[C@@H]1CCCN1S(=O)(=O)c1ccccc1. The summed E-state index contributed by atoms with van der Waals surface area (Å²) in [6.07, 6.45) is 0.710. The van der Waals surface area contributed by atoms with E-state index in [9.17, 15) is 22.8 Å². The van der Waals surface area contributed by atoms with E-state index < -0.39 is 33.8 Å². The van der Waals surface area contributed by atoms with Crippen LogP contribution in [0.4, 0.5) is 0 Å². The number of carbonyl (C=O) groups is 3. The fourth-order valence-corrected chi connectivity index (χ4v) is 5.06. The van der Waals surface area contributed by atoms with Crippen LogP contribution in [0.5, 0.6) is 0 Å². The number of benzene rings is 2. The van der Waals surface area contributed by atoms with E-state index in [-0.39, 0.29) is 29.0 Å². The van der Waals surface area contributed by atoms with Crippen molar-refractivity contribution in [3.05, 3.63) is 65.7 Å². The number of sulfonamides is 1. The normalized spacial score (nSPS) is 19.7. The van der Waals surface area contributed by atoms with Crippen LogP contribution in [-0.4, -0.2) is 48.2 Å². The van der Waals surface area contributed by atoms with Crippen molar-refractivity contribution in [1.29, 1.82) is 0 Å². The van der Waals surface area contributed by atoms with Gasteiger partial charge in [0.05, 0.1) is 16.0 Å². The molecule has 2 aliphatic heterocycles. The Morgan fingerprint density at radius 3 is 2.11 bits per heavy atom. The molecule has 8 nitrogen and oxygen atoms in total. The third kappa shape index (κ3) is 2.88. The Hall–Kier alpha value is -3.04. The minimum absolute atomic E-state index is 0.0652. The predicted octanol–water partition coefficient (Wildman–Crippen LogP) is 1.59. The highest BCUT2D eigenvalue weighted by molar-refractivity contribution is 7.89. The molecule has 2 aromatic rings. The molecule has 2 aliphatic rings. The second kappa shape index (κ2) is 6.84. The summed E-state index contributed by atoms with van der Waals surface area (Å²) in [7, 11) is -3.90. The lowest BCUT2D eigenvalue weighted by Gasteiger charge is -2.23. The second-order valence-corrected chi connectivity index (χ2v) is 8.34. The van der Waals surface area contributed by atoms with Gasteiger partial charge < -0.3 is 4.84 Å². The van der Waals surface area contributed by atoms with Crippen LogP contribution in [0.15, 0.2) is 59.5 Å². The molecule has 0 unspecified atom stereocenters. The quantitative estimate of drug-likeness (QED) is 0.723. The summed E-state index contributed by atoms with van der Waals surface area (Å²) < 4.78 is 26.8. The summed E-state index contributed by atoms with van der Waals surface area (Å²) >= 11 is 0. The molecule has 1 fully saturated rings. The fraction of sp³-hybridized carbons (Fsp3) is 0.211. The van der Waals surface area contributed by atoms with Gasteiger partial charge >= 0.3 is 5.97 Å². The van der Waals surface area contributed by atoms with Crippen LogP contribution in [0.25, 0.3) is 0 Å². The summed E-state index contributed by atoms with van der Waals surface area (Å²) in [6.45, 7) is 0.152. The molecule has 1 saturated heterocycles. The molecule has 28 heavy (non-hydrogen) atoms. The maximum absolute atomic E-state index is 12.9. The van der Waals surface area contributed by atoms with Gasteiger partial charge in [-0.1, -0.05) is 35.4 Å². The standard InChI is InChI=1S/C19H16N2O6S/c22-17-14-9-4-5-10-15(14)18(23)21(17)27-19(24)16-11-6-12-20(16)28(25,26)13-7-2-1-3-8-13/h1-5,7-10,16H,6,11-12H2/t16-/m0/s1. The van der Waals surface area contributed by atoms with E-state index in [1.54, 1.807) is 30.3 Å². The molecule has 1 atom stereocenters. The number of rotatable bonds is 4. The lowest BCUT2D eigenvalue weighted by Crippen LogP contribution is -2.44. The second-order valence-electron chi connectivity index (χ2n) is 6.45. The third-order valence-electron chi connectivity index (χ3n) is 4.76. The van der Waals surface area contributed by atoms with Crippen LogP contribution in [0, 0.1) is 0 Å². The van der Waals surface area contributed by atoms with Crippen molar-refractivity contribution in [2.24, 2.45) is 0 Å². The summed E-state index contributed by atoms with van der Waals surface area (Å²) in [5, 5.41) is 0.401. The number of hydrogen-bond acceptors (Lipinski definition) is 6. The van der Waals surface area contributed by atoms with E-state index in [0.717, 1.165) is 4.31 Å². The van der Waals surface area contributed by atoms with Crippen molar-refractivity contribution in [3.63, 3.8) is 0 Å². The zero-order valence-corrected chi connectivity index (χ0v) is 15.5. The highest BCUT2D eigenvalue weighted by Gasteiger charge is 2.44. The molecule has 4 rings (SSSR count). The van der Waals surface area contributed by atoms with E-state index in [2.05, 4.69) is 0 Å². The van der Waals surface area contributed by atoms with Gasteiger partial charge in [0, 0.05) is 6.54 Å². The van der Waals surface area contributed by atoms with Gasteiger partial charge in [0.1, 0.15) is 6.04 Å². The van der Waals surface area contributed by atoms with E-state index in [1.165, 1.54) is 24.3 Å². The monoisotopic (exact) mass is 400 g/mol. The van der Waals surface area contributed by atoms with Gasteiger partial charge in [-0.05, 0) is 37.1 Å². The number of carbonyl (C=O) groups excluding carboxylic acids is 3. The Labute approximate surface area is 161 Å². The van der Waals surface area contributed by atoms with Gasteiger partial charge in [-0.3, -0.25) is 9.59 Å². The molecule has 2 aromatic carbocycles. The first-order chi connectivity index (χ1) is 13.4. The number of amides is 2. The molecule has 0 saturated carbocycles. The predicted molar refractivity (Wildman–Crippen MR) is 96.4 cm³/mol. The van der Waals surface area contributed by atoms with Gasteiger partial charge in [0.15, 0.2) is 0 Å². The molecule has 0 aromatic heterocycles. The molecule has 0 spiro atoms. The summed E-state index contributed by atoms with van der Waals surface area (Å²) in [6, 6.07) is 12.8. The van der Waals surface area contributed by atoms with Crippen molar-refractivity contribution in [2.75, 3.05) is 6.54 Å². The minimum atomic E-state index is -3.90. The third-order valence-corrected chi connectivity index (χ3v) is 6.69. The van der Waals surface area contributed by atoms with Gasteiger partial charge in [-0.15, -0.1) is 0 Å². The van der Waals surface area contributed by atoms with Crippen molar-refractivity contribution in [1.82, 2.24) is 9.37 Å². The number of hydrogen-bond donors (Lipinski definition) is 0. The van der Waals surface area contributed by atoms with E-state index in [1.807, 2.05) is 0 Å². The van der Waals surface area contributed by atoms with Crippen LogP contribution in [-0.2, 0) is 19.7 Å². The first-order valence-corrected chi connectivity index (χ1v) is 10.1. The highest BCUT2D eigenvalue weighted by Crippen LogP contribution is 2.28. The Balaban J connectivity index is 1.56. The molecule has 0 radical (unpaired) electrons. The van der Waals surface area contributed by atoms with Crippen molar-refractivity contribution in [2.45, 2.75) is 23.8 Å². The maximum Gasteiger partial charge on any atom is 0.351 e. The maximum atomic E-state index is 12.9. The number of fused-ring (bicyclic) bond motifs is 1. The molecule has 144 valence electrons. The van der Waals surface area contributed by atoms with Crippen LogP contribution in [0.1, 0.15) is 33.6 Å². The topological polar surface area (TPSA) is 101 Å². The van der Waals surface area contributed by atoms with Gasteiger partial charge in [-0.25, -0.2) is 13.2 Å². The van der Waals surface area contributed by atoms with E-state index in [0.29, 0.717) is 11.5 Å². The van der Waals surface area contributed by atoms with E-state index in [4.69, 9.17) is 4.84 Å². The molecule has 2 amide bonds. The van der Waals surface area contributed by atoms with Gasteiger partial charge in [0.25, 0.3) is 11.8 Å². The van der Waals surface area contributed by atoms with E-state index >= 15 is 0 Å². The lowest BCUT2D eigenvalue weighted by atomic mass is 10.1. The molecule has 0 bridgehead atoms. The Bertz CT molecular complexity index is 1030. The molecule has 0 aliphatic carbocycles. The van der Waals surface area contributed by atoms with Gasteiger partial charge in [-0.2, -0.15) is 4.31 Å². The number of imide groups is 1. The van der Waals surface area contributed by atoms with Crippen LogP contribution < -0.4 is 0 Å². The zero-order chi connectivity index (χ0) is 19.9. The van der Waals surface area contributed by atoms with Crippen molar-refractivity contribution < 1.29 is 27.6 Å². The van der Waals surface area contributed by atoms with Crippen molar-refractivity contribution in [3.8, 4) is 0 Å².